The minimum Gasteiger partial charge on any atom is -0.370 e. The van der Waals surface area contributed by atoms with Gasteiger partial charge in [-0.25, -0.2) is 0 Å². The van der Waals surface area contributed by atoms with Crippen LogP contribution in [0, 0.1) is 6.92 Å². The van der Waals surface area contributed by atoms with Crippen LogP contribution in [0.3, 0.4) is 0 Å². The number of carbonyl (C=O) groups is 1. The molecule has 2 N–H and O–H groups in total. The molecular weight excluding hydrogens is 336 g/mol. The lowest BCUT2D eigenvalue weighted by Gasteiger charge is -2.38. The van der Waals surface area contributed by atoms with Gasteiger partial charge < -0.3 is 15.4 Å². The molecule has 1 heterocycles. The van der Waals surface area contributed by atoms with Crippen molar-refractivity contribution in [3.63, 3.8) is 0 Å². The largest absolute Gasteiger partial charge is 0.370 e. The summed E-state index contributed by atoms with van der Waals surface area (Å²) in [6, 6.07) is 15.8. The van der Waals surface area contributed by atoms with Gasteiger partial charge in [-0.15, -0.1) is 12.4 Å². The van der Waals surface area contributed by atoms with Crippen LogP contribution in [0.15, 0.2) is 48.5 Å². The van der Waals surface area contributed by atoms with Gasteiger partial charge in [0.05, 0.1) is 19.2 Å². The molecule has 2 atom stereocenters. The molecule has 5 heteroatoms. The fourth-order valence-electron chi connectivity index (χ4n) is 3.13. The molecule has 4 nitrogen and oxygen atoms in total. The summed E-state index contributed by atoms with van der Waals surface area (Å²) in [5.74, 6) is 0.0490. The second-order valence-electron chi connectivity index (χ2n) is 6.39. The van der Waals surface area contributed by atoms with Crippen LogP contribution in [0.25, 0.3) is 0 Å². The van der Waals surface area contributed by atoms with Crippen LogP contribution in [0.4, 0.5) is 0 Å². The molecule has 0 aliphatic carbocycles. The standard InChI is InChI=1S/C20H24N2O2.ClH/c1-14-5-3-4-6-18(14)19-12-22(15(2)13-24-19)20(23)17-9-7-16(11-21)8-10-17;/h3-10,15,19H,11-13,21H2,1-2H3;1H. The average molecular weight is 361 g/mol. The Hall–Kier alpha value is -1.88. The van der Waals surface area contributed by atoms with Gasteiger partial charge in [-0.2, -0.15) is 0 Å². The summed E-state index contributed by atoms with van der Waals surface area (Å²) in [6.45, 7) is 5.71. The van der Waals surface area contributed by atoms with Crippen molar-refractivity contribution in [2.24, 2.45) is 5.73 Å². The smallest absolute Gasteiger partial charge is 0.254 e. The second-order valence-corrected chi connectivity index (χ2v) is 6.39. The molecule has 2 unspecified atom stereocenters. The fourth-order valence-corrected chi connectivity index (χ4v) is 3.13. The van der Waals surface area contributed by atoms with Crippen molar-refractivity contribution in [3.05, 3.63) is 70.8 Å². The number of benzene rings is 2. The molecule has 0 saturated carbocycles. The van der Waals surface area contributed by atoms with E-state index in [1.54, 1.807) is 0 Å². The quantitative estimate of drug-likeness (QED) is 0.911. The SMILES string of the molecule is Cc1ccccc1C1CN(C(=O)c2ccc(CN)cc2)C(C)CO1.Cl. The normalized spacial score (nSPS) is 20.0. The van der Waals surface area contributed by atoms with Crippen LogP contribution in [0.5, 0.6) is 0 Å². The number of carbonyl (C=O) groups excluding carboxylic acids is 1. The Balaban J connectivity index is 0.00000225. The lowest BCUT2D eigenvalue weighted by atomic mass is 10.0. The van der Waals surface area contributed by atoms with Crippen LogP contribution in [-0.2, 0) is 11.3 Å². The van der Waals surface area contributed by atoms with Crippen LogP contribution < -0.4 is 5.73 Å². The first-order valence-corrected chi connectivity index (χ1v) is 8.37. The summed E-state index contributed by atoms with van der Waals surface area (Å²) in [6.07, 6.45) is -0.0744. The molecule has 25 heavy (non-hydrogen) atoms. The molecule has 2 aromatic carbocycles. The van der Waals surface area contributed by atoms with Crippen molar-refractivity contribution in [2.45, 2.75) is 32.5 Å². The van der Waals surface area contributed by atoms with E-state index in [0.29, 0.717) is 25.3 Å². The van der Waals surface area contributed by atoms with Crippen molar-refractivity contribution in [1.82, 2.24) is 4.90 Å². The van der Waals surface area contributed by atoms with Crippen molar-refractivity contribution in [1.29, 1.82) is 0 Å². The molecule has 1 amide bonds. The number of hydrogen-bond donors (Lipinski definition) is 1. The van der Waals surface area contributed by atoms with E-state index in [1.165, 1.54) is 5.56 Å². The molecule has 1 fully saturated rings. The fraction of sp³-hybridized carbons (Fsp3) is 0.350. The predicted octanol–water partition coefficient (Wildman–Crippen LogP) is 3.48. The number of amides is 1. The Morgan fingerprint density at radius 1 is 1.20 bits per heavy atom. The molecule has 1 aliphatic heterocycles. The molecule has 0 aromatic heterocycles. The van der Waals surface area contributed by atoms with Crippen molar-refractivity contribution in [2.75, 3.05) is 13.2 Å². The molecule has 1 saturated heterocycles. The minimum absolute atomic E-state index is 0. The molecule has 3 rings (SSSR count). The topological polar surface area (TPSA) is 55.6 Å². The van der Waals surface area contributed by atoms with E-state index >= 15 is 0 Å². The lowest BCUT2D eigenvalue weighted by molar-refractivity contribution is -0.0489. The van der Waals surface area contributed by atoms with Crippen LogP contribution in [0.2, 0.25) is 0 Å². The van der Waals surface area contributed by atoms with Gasteiger partial charge in [0.1, 0.15) is 6.10 Å². The Labute approximate surface area is 155 Å². The maximum atomic E-state index is 12.9. The van der Waals surface area contributed by atoms with E-state index in [9.17, 15) is 4.79 Å². The molecule has 2 aromatic rings. The number of ether oxygens (including phenoxy) is 1. The summed E-state index contributed by atoms with van der Waals surface area (Å²) in [4.78, 5) is 14.8. The van der Waals surface area contributed by atoms with Gasteiger partial charge in [-0.05, 0) is 42.7 Å². The molecule has 0 bridgehead atoms. The number of nitrogens with zero attached hydrogens (tertiary/aromatic N) is 1. The third-order valence-corrected chi connectivity index (χ3v) is 4.67. The number of aryl methyl sites for hydroxylation is 1. The molecule has 134 valence electrons. The zero-order valence-electron chi connectivity index (χ0n) is 14.6. The summed E-state index contributed by atoms with van der Waals surface area (Å²) in [7, 11) is 0. The van der Waals surface area contributed by atoms with E-state index in [-0.39, 0.29) is 30.5 Å². The van der Waals surface area contributed by atoms with Gasteiger partial charge in [-0.1, -0.05) is 36.4 Å². The van der Waals surface area contributed by atoms with E-state index in [4.69, 9.17) is 10.5 Å². The maximum absolute atomic E-state index is 12.9. The molecule has 0 spiro atoms. The monoisotopic (exact) mass is 360 g/mol. The van der Waals surface area contributed by atoms with Gasteiger partial charge >= 0.3 is 0 Å². The highest BCUT2D eigenvalue weighted by molar-refractivity contribution is 5.94. The Bertz CT molecular complexity index is 718. The first-order chi connectivity index (χ1) is 11.6. The highest BCUT2D eigenvalue weighted by atomic mass is 35.5. The van der Waals surface area contributed by atoms with Crippen LogP contribution in [0.1, 0.15) is 40.1 Å². The van der Waals surface area contributed by atoms with E-state index in [1.807, 2.05) is 48.2 Å². The predicted molar refractivity (Wildman–Crippen MR) is 102 cm³/mol. The minimum atomic E-state index is -0.0744. The third kappa shape index (κ3) is 4.21. The van der Waals surface area contributed by atoms with E-state index in [0.717, 1.165) is 11.1 Å². The van der Waals surface area contributed by atoms with Crippen molar-refractivity contribution >= 4 is 18.3 Å². The van der Waals surface area contributed by atoms with E-state index < -0.39 is 0 Å². The summed E-state index contributed by atoms with van der Waals surface area (Å²) < 4.78 is 6.00. The summed E-state index contributed by atoms with van der Waals surface area (Å²) >= 11 is 0. The zero-order chi connectivity index (χ0) is 17.1. The Morgan fingerprint density at radius 3 is 2.52 bits per heavy atom. The second kappa shape index (κ2) is 8.48. The molecule has 1 aliphatic rings. The van der Waals surface area contributed by atoms with Crippen LogP contribution in [-0.4, -0.2) is 30.0 Å². The first-order valence-electron chi connectivity index (χ1n) is 8.37. The first kappa shape index (κ1) is 19.4. The maximum Gasteiger partial charge on any atom is 0.254 e. The third-order valence-electron chi connectivity index (χ3n) is 4.67. The van der Waals surface area contributed by atoms with E-state index in [2.05, 4.69) is 19.1 Å². The number of rotatable bonds is 3. The van der Waals surface area contributed by atoms with Crippen molar-refractivity contribution < 1.29 is 9.53 Å². The number of morpholine rings is 1. The van der Waals surface area contributed by atoms with Gasteiger partial charge in [0, 0.05) is 12.1 Å². The number of nitrogens with two attached hydrogens (primary N) is 1. The summed E-state index contributed by atoms with van der Waals surface area (Å²) in [5.41, 5.74) is 9.70. The Kier molecular flexibility index (Phi) is 6.59. The van der Waals surface area contributed by atoms with Gasteiger partial charge in [0.25, 0.3) is 5.91 Å². The molecular formula is C20H25ClN2O2. The van der Waals surface area contributed by atoms with Crippen molar-refractivity contribution in [3.8, 4) is 0 Å². The number of hydrogen-bond acceptors (Lipinski definition) is 3. The highest BCUT2D eigenvalue weighted by Gasteiger charge is 2.31. The molecule has 0 radical (unpaired) electrons. The lowest BCUT2D eigenvalue weighted by Crippen LogP contribution is -2.48. The van der Waals surface area contributed by atoms with Gasteiger partial charge in [-0.3, -0.25) is 4.79 Å². The number of halogens is 1. The average Bonchev–Trinajstić information content (AvgIpc) is 2.62. The van der Waals surface area contributed by atoms with Gasteiger partial charge in [0.15, 0.2) is 0 Å². The zero-order valence-corrected chi connectivity index (χ0v) is 15.5. The Morgan fingerprint density at radius 2 is 1.88 bits per heavy atom. The summed E-state index contributed by atoms with van der Waals surface area (Å²) in [5, 5.41) is 0. The highest BCUT2D eigenvalue weighted by Crippen LogP contribution is 2.28. The van der Waals surface area contributed by atoms with Gasteiger partial charge in [0.2, 0.25) is 0 Å². The van der Waals surface area contributed by atoms with Crippen LogP contribution >= 0.6 is 12.4 Å².